The molecule has 0 spiro atoms. The van der Waals surface area contributed by atoms with E-state index in [1.54, 1.807) is 0 Å². The second kappa shape index (κ2) is 28.9. The Bertz CT molecular complexity index is 411. The van der Waals surface area contributed by atoms with Crippen LogP contribution >= 0.6 is 0 Å². The van der Waals surface area contributed by atoms with Crippen molar-refractivity contribution in [1.82, 2.24) is 0 Å². The first-order valence-corrected chi connectivity index (χ1v) is 15.0. The van der Waals surface area contributed by atoms with Crippen LogP contribution in [0.4, 0.5) is 0 Å². The summed E-state index contributed by atoms with van der Waals surface area (Å²) in [7, 11) is 0. The van der Waals surface area contributed by atoms with Crippen LogP contribution in [-0.4, -0.2) is 17.9 Å². The molecule has 33 heavy (non-hydrogen) atoms. The number of hydrogen-bond donors (Lipinski definition) is 0. The average Bonchev–Trinajstić information content (AvgIpc) is 2.85. The van der Waals surface area contributed by atoms with E-state index in [4.69, 9.17) is 9.73 Å². The van der Waals surface area contributed by atoms with Crippen LogP contribution < -0.4 is 0 Å². The standard InChI is InChI=1S/3C8H16O2.3Nb/c3*1-3-5-6-7(4-2)8(9)10;;;/h3*7H,3-6H2,1-2H3,(H,9,10);;;/q;;;3*+1/p-3. The van der Waals surface area contributed by atoms with E-state index in [0.29, 0.717) is 0 Å². The number of rotatable bonds is 15. The van der Waals surface area contributed by atoms with Crippen LogP contribution in [0.15, 0.2) is 0 Å². The fourth-order valence-corrected chi connectivity index (χ4v) is 4.14. The van der Waals surface area contributed by atoms with Crippen molar-refractivity contribution in [3.8, 4) is 0 Å². The van der Waals surface area contributed by atoms with Gasteiger partial charge in [0.05, 0.1) is 0 Å². The zero-order valence-electron chi connectivity index (χ0n) is 21.5. The van der Waals surface area contributed by atoms with Gasteiger partial charge in [-0.05, 0) is 0 Å². The van der Waals surface area contributed by atoms with E-state index in [1.807, 2.05) is 20.8 Å². The molecule has 0 rings (SSSR count). The molecule has 0 aromatic carbocycles. The van der Waals surface area contributed by atoms with E-state index in [-0.39, 0.29) is 35.7 Å². The first-order valence-electron chi connectivity index (χ1n) is 12.3. The first-order chi connectivity index (χ1) is 15.8. The molecule has 192 valence electrons. The van der Waals surface area contributed by atoms with Crippen LogP contribution in [0, 0.1) is 17.8 Å². The fraction of sp³-hybridized carbons (Fsp3) is 0.875. The predicted octanol–water partition coefficient (Wildman–Crippen LogP) is 6.62. The van der Waals surface area contributed by atoms with Crippen molar-refractivity contribution in [2.75, 3.05) is 0 Å². The molecule has 0 heterocycles. The van der Waals surface area contributed by atoms with Gasteiger partial charge >= 0.3 is 243 Å². The van der Waals surface area contributed by atoms with E-state index in [0.717, 1.165) is 141 Å². The van der Waals surface area contributed by atoms with Gasteiger partial charge in [0, 0.05) is 0 Å². The summed E-state index contributed by atoms with van der Waals surface area (Å²) in [6.45, 7) is 12.5. The molecule has 0 aromatic heterocycles. The molecule has 3 atom stereocenters. The molecule has 9 heteroatoms. The molecule has 0 saturated carbocycles. The van der Waals surface area contributed by atoms with Crippen LogP contribution in [0.25, 0.3) is 0 Å². The Labute approximate surface area is 241 Å². The molecule has 0 bridgehead atoms. The number of hydrogen-bond acceptors (Lipinski definition) is 6. The number of carbonyl (C=O) groups is 3. The Morgan fingerprint density at radius 1 is 0.515 bits per heavy atom. The zero-order chi connectivity index (χ0) is 26.1. The quantitative estimate of drug-likeness (QED) is 0.178. The third-order valence-corrected chi connectivity index (χ3v) is 6.79. The van der Waals surface area contributed by atoms with Gasteiger partial charge in [-0.3, -0.25) is 0 Å². The molecule has 6 nitrogen and oxygen atoms in total. The van der Waals surface area contributed by atoms with Crippen LogP contribution in [-0.2, 0) is 88.5 Å². The summed E-state index contributed by atoms with van der Waals surface area (Å²) in [6.07, 6.45) is 12.5. The molecule has 0 radical (unpaired) electrons. The monoisotopic (exact) mass is 708 g/mol. The van der Waals surface area contributed by atoms with Gasteiger partial charge in [-0.15, -0.1) is 0 Å². The topological polar surface area (TPSA) is 78.9 Å². The number of unbranched alkanes of at least 4 members (excludes halogenated alkanes) is 3. The normalized spacial score (nSPS) is 12.5. The van der Waals surface area contributed by atoms with E-state index in [2.05, 4.69) is 20.8 Å². The second-order valence-electron chi connectivity index (χ2n) is 7.97. The summed E-state index contributed by atoms with van der Waals surface area (Å²) >= 11 is 3.37. The summed E-state index contributed by atoms with van der Waals surface area (Å²) in [5.41, 5.74) is 0. The van der Waals surface area contributed by atoms with Crippen LogP contribution in [0.3, 0.4) is 0 Å². The average molecular weight is 708 g/mol. The first kappa shape index (κ1) is 38.2. The molecule has 0 aromatic rings. The maximum absolute atomic E-state index is 11.0. The second-order valence-corrected chi connectivity index (χ2v) is 9.32. The molecule has 3 unspecified atom stereocenters. The summed E-state index contributed by atoms with van der Waals surface area (Å²) < 4.78 is 14.1. The zero-order valence-corrected chi connectivity index (χ0v) is 28.1. The third-order valence-electron chi connectivity index (χ3n) is 5.47. The number of carbonyl (C=O) groups excluding carboxylic acids is 3. The molecular formula is C24H45Nb3O6. The molecular weight excluding hydrogens is 663 g/mol. The SMILES string of the molecule is CCCCC(CC)C(=O)[O][Nb].CCCCC(CC)C(=O)[O][Nb].CCCCC(CC)C(=O)[O][Nb]. The molecule has 0 aliphatic carbocycles. The van der Waals surface area contributed by atoms with Crippen LogP contribution in [0.5, 0.6) is 0 Å². The van der Waals surface area contributed by atoms with Gasteiger partial charge in [-0.2, -0.15) is 0 Å². The van der Waals surface area contributed by atoms with Crippen molar-refractivity contribution >= 4 is 17.9 Å². The molecule has 0 saturated heterocycles. The predicted molar refractivity (Wildman–Crippen MR) is 118 cm³/mol. The van der Waals surface area contributed by atoms with E-state index in [1.165, 1.54) is 0 Å². The Hall–Kier alpha value is 0.631. The Balaban J connectivity index is -0.000000409. The van der Waals surface area contributed by atoms with Gasteiger partial charge in [0.2, 0.25) is 0 Å². The Morgan fingerprint density at radius 3 is 0.848 bits per heavy atom. The molecule has 0 aliphatic heterocycles. The summed E-state index contributed by atoms with van der Waals surface area (Å²) in [4.78, 5) is 33.1. The fourth-order valence-electron chi connectivity index (χ4n) is 3.04. The Morgan fingerprint density at radius 2 is 0.727 bits per heavy atom. The van der Waals surface area contributed by atoms with Gasteiger partial charge in [0.1, 0.15) is 0 Å². The van der Waals surface area contributed by atoms with Gasteiger partial charge in [-0.25, -0.2) is 0 Å². The summed E-state index contributed by atoms with van der Waals surface area (Å²) in [5, 5.41) is 0. The van der Waals surface area contributed by atoms with Gasteiger partial charge in [0.15, 0.2) is 0 Å². The molecule has 0 fully saturated rings. The van der Waals surface area contributed by atoms with Crippen molar-refractivity contribution in [2.24, 2.45) is 17.8 Å². The molecule has 0 aliphatic rings. The van der Waals surface area contributed by atoms with Crippen molar-refractivity contribution in [2.45, 2.75) is 119 Å². The minimum absolute atomic E-state index is 0.0325. The maximum atomic E-state index is 11.0. The summed E-state index contributed by atoms with van der Waals surface area (Å²) in [6, 6.07) is 0. The van der Waals surface area contributed by atoms with Crippen molar-refractivity contribution in [1.29, 1.82) is 0 Å². The van der Waals surface area contributed by atoms with Gasteiger partial charge < -0.3 is 0 Å². The Kier molecular flexibility index (Phi) is 33.4. The van der Waals surface area contributed by atoms with E-state index < -0.39 is 0 Å². The van der Waals surface area contributed by atoms with Crippen molar-refractivity contribution in [3.05, 3.63) is 0 Å². The van der Waals surface area contributed by atoms with Gasteiger partial charge in [0.25, 0.3) is 0 Å². The van der Waals surface area contributed by atoms with Crippen molar-refractivity contribution < 1.29 is 88.5 Å². The van der Waals surface area contributed by atoms with Crippen LogP contribution in [0.2, 0.25) is 0 Å². The third kappa shape index (κ3) is 22.8. The van der Waals surface area contributed by atoms with Crippen LogP contribution in [0.1, 0.15) is 119 Å². The van der Waals surface area contributed by atoms with E-state index in [9.17, 15) is 14.4 Å². The van der Waals surface area contributed by atoms with E-state index >= 15 is 0 Å². The molecule has 0 amide bonds. The van der Waals surface area contributed by atoms with Gasteiger partial charge in [-0.1, -0.05) is 0 Å². The molecule has 0 N–H and O–H groups in total. The minimum atomic E-state index is -0.0325. The van der Waals surface area contributed by atoms with Crippen molar-refractivity contribution in [3.63, 3.8) is 0 Å². The summed E-state index contributed by atoms with van der Waals surface area (Å²) in [5.74, 6) is 0.315.